The molecule has 1 heteroatoms. The van der Waals surface area contributed by atoms with Crippen LogP contribution in [-0.4, -0.2) is 13.3 Å². The summed E-state index contributed by atoms with van der Waals surface area (Å²) in [6.07, 6.45) is 1.83. The number of nitrogens with zero attached hydrogens (tertiary/aromatic N) is 1. The lowest BCUT2D eigenvalue weighted by molar-refractivity contribution is 1.46. The van der Waals surface area contributed by atoms with Crippen LogP contribution < -0.4 is 0 Å². The Balaban J connectivity index is 3.11. The van der Waals surface area contributed by atoms with Crippen LogP contribution in [-0.2, 0) is 0 Å². The van der Waals surface area contributed by atoms with Gasteiger partial charge in [0.1, 0.15) is 0 Å². The van der Waals surface area contributed by atoms with Gasteiger partial charge in [0, 0.05) is 13.3 Å². The molecule has 0 bridgehead atoms. The molecule has 0 aliphatic rings. The van der Waals surface area contributed by atoms with E-state index in [-0.39, 0.29) is 0 Å². The summed E-state index contributed by atoms with van der Waals surface area (Å²) in [4.78, 5) is 3.97. The highest BCUT2D eigenvalue weighted by Crippen LogP contribution is 1.90. The summed E-state index contributed by atoms with van der Waals surface area (Å²) in [5.41, 5.74) is 1.10. The number of hydrogen-bond donors (Lipinski definition) is 0. The molecular weight excluding hydrogens is 158 g/mol. The van der Waals surface area contributed by atoms with E-state index in [1.807, 2.05) is 60.8 Å². The van der Waals surface area contributed by atoms with E-state index in [4.69, 9.17) is 0 Å². The second-order valence-electron chi connectivity index (χ2n) is 2.57. The Labute approximate surface area is 79.1 Å². The highest BCUT2D eigenvalue weighted by atomic mass is 14.6. The smallest absolute Gasteiger partial charge is 0.0281 e. The average molecular weight is 171 g/mol. The Hall–Kier alpha value is -1.63. The van der Waals surface area contributed by atoms with Gasteiger partial charge in [0.15, 0.2) is 0 Å². The molecule has 1 aromatic rings. The first kappa shape index (κ1) is 9.46. The van der Waals surface area contributed by atoms with Gasteiger partial charge in [-0.1, -0.05) is 54.6 Å². The fourth-order valence-electron chi connectivity index (χ4n) is 0.945. The second-order valence-corrected chi connectivity index (χ2v) is 2.57. The van der Waals surface area contributed by atoms with Gasteiger partial charge in [-0.05, 0) is 5.56 Å². The Bertz CT molecular complexity index is 303. The molecule has 0 N–H and O–H groups in total. The van der Waals surface area contributed by atoms with Crippen LogP contribution in [0.3, 0.4) is 0 Å². The monoisotopic (exact) mass is 171 g/mol. The maximum atomic E-state index is 3.97. The summed E-state index contributed by atoms with van der Waals surface area (Å²) >= 11 is 0. The van der Waals surface area contributed by atoms with Crippen molar-refractivity contribution in [3.8, 4) is 0 Å². The maximum Gasteiger partial charge on any atom is 0.0281 e. The van der Waals surface area contributed by atoms with E-state index in [2.05, 4.69) is 4.99 Å². The van der Waals surface area contributed by atoms with Crippen molar-refractivity contribution in [3.63, 3.8) is 0 Å². The minimum absolute atomic E-state index is 1.10. The average Bonchev–Trinajstić information content (AvgIpc) is 2.16. The Kier molecular flexibility index (Phi) is 4.33. The van der Waals surface area contributed by atoms with E-state index in [1.165, 1.54) is 0 Å². The minimum Gasteiger partial charge on any atom is -0.296 e. The highest BCUT2D eigenvalue weighted by Gasteiger charge is 1.76. The molecule has 1 nitrogen and oxygen atoms in total. The van der Waals surface area contributed by atoms with Gasteiger partial charge in [0.2, 0.25) is 0 Å². The number of rotatable bonds is 1. The molecule has 0 saturated heterocycles. The van der Waals surface area contributed by atoms with Gasteiger partial charge in [0.05, 0.1) is 0 Å². The normalized spacial score (nSPS) is 9.62. The van der Waals surface area contributed by atoms with Gasteiger partial charge in [-0.15, -0.1) is 0 Å². The lowest BCUT2D eigenvalue weighted by Crippen LogP contribution is -1.74. The van der Waals surface area contributed by atoms with Crippen molar-refractivity contribution in [1.82, 2.24) is 0 Å². The molecule has 66 valence electrons. The third-order valence-corrected chi connectivity index (χ3v) is 1.52. The Morgan fingerprint density at radius 2 is 1.31 bits per heavy atom. The van der Waals surface area contributed by atoms with Crippen LogP contribution in [0.4, 0.5) is 0 Å². The summed E-state index contributed by atoms with van der Waals surface area (Å²) in [6, 6.07) is 18.0. The van der Waals surface area contributed by atoms with Gasteiger partial charge < -0.3 is 0 Å². The van der Waals surface area contributed by atoms with Crippen molar-refractivity contribution in [1.29, 1.82) is 0 Å². The summed E-state index contributed by atoms with van der Waals surface area (Å²) in [6.45, 7) is 0. The largest absolute Gasteiger partial charge is 0.296 e. The quantitative estimate of drug-likeness (QED) is 0.576. The molecule has 0 radical (unpaired) electrons. The van der Waals surface area contributed by atoms with E-state index in [9.17, 15) is 0 Å². The number of aliphatic imine (C=N–C) groups is 1. The van der Waals surface area contributed by atoms with Gasteiger partial charge in [-0.3, -0.25) is 4.99 Å². The first-order chi connectivity index (χ1) is 6.43. The molecule has 1 aromatic carbocycles. The van der Waals surface area contributed by atoms with Gasteiger partial charge in [0.25, 0.3) is 0 Å². The molecule has 0 saturated carbocycles. The Morgan fingerprint density at radius 3 is 1.77 bits per heavy atom. The first-order valence-corrected chi connectivity index (χ1v) is 4.24. The summed E-state index contributed by atoms with van der Waals surface area (Å²) in [5, 5.41) is 0. The van der Waals surface area contributed by atoms with E-state index >= 15 is 0 Å². The molecule has 1 rings (SSSR count). The molecule has 13 heavy (non-hydrogen) atoms. The van der Waals surface area contributed by atoms with Crippen LogP contribution in [0.5, 0.6) is 0 Å². The molecule has 0 aliphatic carbocycles. The van der Waals surface area contributed by atoms with Crippen molar-refractivity contribution >= 4 is 6.21 Å². The second kappa shape index (κ2) is 5.95. The molecule has 0 spiro atoms. The van der Waals surface area contributed by atoms with Gasteiger partial charge >= 0.3 is 0 Å². The van der Waals surface area contributed by atoms with Crippen LogP contribution in [0.15, 0.2) is 59.6 Å². The fraction of sp³-hybridized carbons (Fsp3) is 0.0833. The van der Waals surface area contributed by atoms with Crippen molar-refractivity contribution in [2.45, 2.75) is 0 Å². The van der Waals surface area contributed by atoms with Crippen LogP contribution in [0.1, 0.15) is 5.56 Å². The molecule has 0 fully saturated rings. The summed E-state index contributed by atoms with van der Waals surface area (Å²) < 4.78 is 0. The lowest BCUT2D eigenvalue weighted by Gasteiger charge is -1.83. The van der Waals surface area contributed by atoms with Crippen molar-refractivity contribution in [2.75, 3.05) is 7.05 Å². The molecule has 0 aromatic heterocycles. The van der Waals surface area contributed by atoms with Crippen LogP contribution in [0.2, 0.25) is 0 Å². The first-order valence-electron chi connectivity index (χ1n) is 4.24. The zero-order chi connectivity index (χ0) is 9.36. The highest BCUT2D eigenvalue weighted by molar-refractivity contribution is 5.78. The summed E-state index contributed by atoms with van der Waals surface area (Å²) in [7, 11) is 1.77. The predicted molar refractivity (Wildman–Crippen MR) is 57.6 cm³/mol. The molecule has 0 aliphatic heterocycles. The van der Waals surface area contributed by atoms with Gasteiger partial charge in [-0.2, -0.15) is 0 Å². The molecule has 0 amide bonds. The van der Waals surface area contributed by atoms with Crippen LogP contribution >= 0.6 is 0 Å². The molecular formula is C12H13N. The Morgan fingerprint density at radius 1 is 0.846 bits per heavy atom. The maximum absolute atomic E-state index is 3.97. The van der Waals surface area contributed by atoms with E-state index in [0.29, 0.717) is 0 Å². The molecule has 0 heterocycles. The lowest BCUT2D eigenvalue weighted by atomic mass is 10.3. The van der Waals surface area contributed by atoms with Crippen LogP contribution in [0, 0.1) is 0 Å². The predicted octanol–water partition coefficient (Wildman–Crippen LogP) is 2.86. The van der Waals surface area contributed by atoms with Crippen molar-refractivity contribution in [3.05, 3.63) is 60.2 Å². The van der Waals surface area contributed by atoms with E-state index < -0.39 is 0 Å². The van der Waals surface area contributed by atoms with Crippen molar-refractivity contribution < 1.29 is 0 Å². The van der Waals surface area contributed by atoms with Gasteiger partial charge in [-0.25, -0.2) is 0 Å². The summed E-state index contributed by atoms with van der Waals surface area (Å²) in [5.74, 6) is 0. The molecule has 0 unspecified atom stereocenters. The SMILES string of the molecule is C/N=C/c1ccccccccc1. The third-order valence-electron chi connectivity index (χ3n) is 1.52. The number of hydrogen-bond acceptors (Lipinski definition) is 1. The van der Waals surface area contributed by atoms with E-state index in [1.54, 1.807) is 7.05 Å². The van der Waals surface area contributed by atoms with Crippen LogP contribution in [0.25, 0.3) is 0 Å². The fourth-order valence-corrected chi connectivity index (χ4v) is 0.945. The van der Waals surface area contributed by atoms with Crippen molar-refractivity contribution in [2.24, 2.45) is 4.99 Å². The standard InChI is InChI=1S/C12H13N/c1-13-11-12-9-7-5-3-2-4-6-8-10-12/h2-11H,1H3/b3-2?,4-2?,5-3?,6-4?,7-5?,8-6?,9-7?,10-8?,12-9?,12-10?,13-11+. The zero-order valence-electron chi connectivity index (χ0n) is 7.72. The minimum atomic E-state index is 1.10. The molecule has 0 atom stereocenters. The third kappa shape index (κ3) is 4.06. The topological polar surface area (TPSA) is 12.4 Å². The zero-order valence-corrected chi connectivity index (χ0v) is 7.72. The van der Waals surface area contributed by atoms with E-state index in [0.717, 1.165) is 5.56 Å².